The van der Waals surface area contributed by atoms with Crippen LogP contribution in [0.1, 0.15) is 26.0 Å². The normalized spacial score (nSPS) is 11.1. The Hall–Kier alpha value is -1.68. The molecule has 4 heteroatoms. The molecule has 0 amide bonds. The molecule has 2 aromatic rings. The second-order valence-electron chi connectivity index (χ2n) is 4.33. The topological polar surface area (TPSA) is 34.0 Å². The van der Waals surface area contributed by atoms with Gasteiger partial charge in [-0.15, -0.1) is 0 Å². The van der Waals surface area contributed by atoms with Crippen LogP contribution < -0.4 is 0 Å². The largest absolute Gasteiger partial charge is 0.298 e. The fourth-order valence-electron chi connectivity index (χ4n) is 1.95. The summed E-state index contributed by atoms with van der Waals surface area (Å²) < 4.78 is 0. The summed E-state index contributed by atoms with van der Waals surface area (Å²) in [6, 6.07) is 10.00. The van der Waals surface area contributed by atoms with Gasteiger partial charge in [0.05, 0.1) is 17.6 Å². The molecule has 0 saturated carbocycles. The Bertz CT molecular complexity index is 464. The second kappa shape index (κ2) is 6.31. The van der Waals surface area contributed by atoms with Gasteiger partial charge < -0.3 is 0 Å². The van der Waals surface area contributed by atoms with Crippen LogP contribution in [0.15, 0.2) is 36.5 Å². The van der Waals surface area contributed by atoms with Gasteiger partial charge >= 0.3 is 0 Å². The summed E-state index contributed by atoms with van der Waals surface area (Å²) in [6.07, 6.45) is 3.02. The lowest BCUT2D eigenvalue weighted by Gasteiger charge is -2.17. The van der Waals surface area contributed by atoms with Crippen molar-refractivity contribution in [1.82, 2.24) is 19.9 Å². The van der Waals surface area contributed by atoms with E-state index in [0.29, 0.717) is 0 Å². The van der Waals surface area contributed by atoms with Crippen molar-refractivity contribution < 1.29 is 0 Å². The Labute approximate surface area is 108 Å². The van der Waals surface area contributed by atoms with Gasteiger partial charge in [-0.1, -0.05) is 32.0 Å². The van der Waals surface area contributed by atoms with E-state index in [2.05, 4.69) is 28.9 Å². The maximum Gasteiger partial charge on any atom is 0.0971 e. The molecular weight excluding hydrogens is 224 g/mol. The third-order valence-corrected chi connectivity index (χ3v) is 2.90. The quantitative estimate of drug-likeness (QED) is 0.783. The Morgan fingerprint density at radius 2 is 1.94 bits per heavy atom. The van der Waals surface area contributed by atoms with Gasteiger partial charge in [0.1, 0.15) is 0 Å². The summed E-state index contributed by atoms with van der Waals surface area (Å²) >= 11 is 0. The van der Waals surface area contributed by atoms with Gasteiger partial charge in [-0.05, 0) is 31.6 Å². The van der Waals surface area contributed by atoms with E-state index in [-0.39, 0.29) is 0 Å². The van der Waals surface area contributed by atoms with Crippen LogP contribution in [-0.2, 0) is 6.54 Å². The van der Waals surface area contributed by atoms with Crippen molar-refractivity contribution in [3.63, 3.8) is 0 Å². The number of rotatable bonds is 6. The van der Waals surface area contributed by atoms with Crippen molar-refractivity contribution in [2.24, 2.45) is 0 Å². The molecule has 0 fully saturated rings. The van der Waals surface area contributed by atoms with Crippen LogP contribution >= 0.6 is 0 Å². The number of hydrogen-bond donors (Lipinski definition) is 0. The molecule has 0 bridgehead atoms. The maximum atomic E-state index is 4.51. The average Bonchev–Trinajstić information content (AvgIpc) is 2.88. The standard InChI is InChI=1S/C14H20N4/c1-3-10-17(4-2)12-13-11-15-18(16-13)14-8-6-5-7-9-14/h5-9,11H,3-4,10,12H2,1-2H3. The van der Waals surface area contributed by atoms with E-state index in [1.807, 2.05) is 36.5 Å². The molecule has 2 rings (SSSR count). The Morgan fingerprint density at radius 1 is 1.17 bits per heavy atom. The van der Waals surface area contributed by atoms with Crippen LogP contribution in [-0.4, -0.2) is 33.0 Å². The number of aromatic nitrogens is 3. The fraction of sp³-hybridized carbons (Fsp3) is 0.429. The third-order valence-electron chi connectivity index (χ3n) is 2.90. The van der Waals surface area contributed by atoms with Gasteiger partial charge in [-0.2, -0.15) is 15.0 Å². The summed E-state index contributed by atoms with van der Waals surface area (Å²) in [5.74, 6) is 0. The van der Waals surface area contributed by atoms with E-state index < -0.39 is 0 Å². The van der Waals surface area contributed by atoms with Crippen molar-refractivity contribution in [3.8, 4) is 5.69 Å². The van der Waals surface area contributed by atoms with Gasteiger partial charge in [0.2, 0.25) is 0 Å². The zero-order chi connectivity index (χ0) is 12.8. The Kier molecular flexibility index (Phi) is 4.47. The molecule has 0 aliphatic rings. The highest BCUT2D eigenvalue weighted by molar-refractivity contribution is 5.28. The van der Waals surface area contributed by atoms with Gasteiger partial charge in [0, 0.05) is 6.54 Å². The minimum absolute atomic E-state index is 0.872. The molecule has 0 spiro atoms. The Balaban J connectivity index is 2.06. The lowest BCUT2D eigenvalue weighted by atomic mass is 10.3. The van der Waals surface area contributed by atoms with Crippen molar-refractivity contribution in [1.29, 1.82) is 0 Å². The molecular formula is C14H20N4. The van der Waals surface area contributed by atoms with Crippen LogP contribution in [0.5, 0.6) is 0 Å². The molecule has 0 saturated heterocycles. The minimum atomic E-state index is 0.872. The number of hydrogen-bond acceptors (Lipinski definition) is 3. The molecule has 1 aromatic carbocycles. The van der Waals surface area contributed by atoms with E-state index in [1.165, 1.54) is 6.42 Å². The van der Waals surface area contributed by atoms with Crippen molar-refractivity contribution in [2.45, 2.75) is 26.8 Å². The third kappa shape index (κ3) is 3.17. The highest BCUT2D eigenvalue weighted by atomic mass is 15.5. The van der Waals surface area contributed by atoms with Crippen LogP contribution in [0.25, 0.3) is 5.69 Å². The van der Waals surface area contributed by atoms with E-state index in [4.69, 9.17) is 0 Å². The molecule has 0 unspecified atom stereocenters. The average molecular weight is 244 g/mol. The Morgan fingerprint density at radius 3 is 2.61 bits per heavy atom. The number of nitrogens with zero attached hydrogens (tertiary/aromatic N) is 4. The summed E-state index contributed by atoms with van der Waals surface area (Å²) in [6.45, 7) is 7.40. The predicted octanol–water partition coefficient (Wildman–Crippen LogP) is 2.50. The SMILES string of the molecule is CCCN(CC)Cc1cnn(-c2ccccc2)n1. The first-order valence-electron chi connectivity index (χ1n) is 6.52. The molecule has 1 heterocycles. The van der Waals surface area contributed by atoms with E-state index in [9.17, 15) is 0 Å². The predicted molar refractivity (Wildman–Crippen MR) is 72.6 cm³/mol. The smallest absolute Gasteiger partial charge is 0.0971 e. The van der Waals surface area contributed by atoms with E-state index in [0.717, 1.165) is 31.0 Å². The summed E-state index contributed by atoms with van der Waals surface area (Å²) in [5, 5.41) is 8.83. The molecule has 0 aliphatic heterocycles. The first kappa shape index (κ1) is 12.8. The lowest BCUT2D eigenvalue weighted by molar-refractivity contribution is 0.277. The first-order chi connectivity index (χ1) is 8.83. The monoisotopic (exact) mass is 244 g/mol. The van der Waals surface area contributed by atoms with Gasteiger partial charge in [-0.3, -0.25) is 4.90 Å². The lowest BCUT2D eigenvalue weighted by Crippen LogP contribution is -2.23. The maximum absolute atomic E-state index is 4.51. The zero-order valence-electron chi connectivity index (χ0n) is 11.1. The highest BCUT2D eigenvalue weighted by Gasteiger charge is 2.07. The van der Waals surface area contributed by atoms with Crippen molar-refractivity contribution >= 4 is 0 Å². The molecule has 4 nitrogen and oxygen atoms in total. The fourth-order valence-corrected chi connectivity index (χ4v) is 1.95. The molecule has 0 atom stereocenters. The number of benzene rings is 1. The summed E-state index contributed by atoms with van der Waals surface area (Å²) in [4.78, 5) is 4.06. The van der Waals surface area contributed by atoms with Crippen LogP contribution in [0.4, 0.5) is 0 Å². The molecule has 18 heavy (non-hydrogen) atoms. The van der Waals surface area contributed by atoms with E-state index >= 15 is 0 Å². The van der Waals surface area contributed by atoms with Gasteiger partial charge in [0.25, 0.3) is 0 Å². The van der Waals surface area contributed by atoms with Gasteiger partial charge in [-0.25, -0.2) is 0 Å². The first-order valence-corrected chi connectivity index (χ1v) is 6.52. The molecule has 1 aromatic heterocycles. The van der Waals surface area contributed by atoms with Crippen LogP contribution in [0.2, 0.25) is 0 Å². The molecule has 0 radical (unpaired) electrons. The second-order valence-corrected chi connectivity index (χ2v) is 4.33. The molecule has 0 aliphatic carbocycles. The molecule has 96 valence electrons. The molecule has 0 N–H and O–H groups in total. The highest BCUT2D eigenvalue weighted by Crippen LogP contribution is 2.06. The van der Waals surface area contributed by atoms with Crippen LogP contribution in [0.3, 0.4) is 0 Å². The summed E-state index contributed by atoms with van der Waals surface area (Å²) in [5.41, 5.74) is 2.02. The van der Waals surface area contributed by atoms with Crippen molar-refractivity contribution in [2.75, 3.05) is 13.1 Å². The summed E-state index contributed by atoms with van der Waals surface area (Å²) in [7, 11) is 0. The minimum Gasteiger partial charge on any atom is -0.298 e. The van der Waals surface area contributed by atoms with Gasteiger partial charge in [0.15, 0.2) is 0 Å². The number of para-hydroxylation sites is 1. The van der Waals surface area contributed by atoms with Crippen LogP contribution in [0, 0.1) is 0 Å². The van der Waals surface area contributed by atoms with E-state index in [1.54, 1.807) is 4.80 Å². The van der Waals surface area contributed by atoms with Crippen molar-refractivity contribution in [3.05, 3.63) is 42.2 Å². The zero-order valence-corrected chi connectivity index (χ0v) is 11.1.